The van der Waals surface area contributed by atoms with E-state index >= 15 is 0 Å². The summed E-state index contributed by atoms with van der Waals surface area (Å²) in [5.41, 5.74) is 3.24. The van der Waals surface area contributed by atoms with Crippen molar-refractivity contribution in [3.63, 3.8) is 0 Å². The van der Waals surface area contributed by atoms with E-state index in [-0.39, 0.29) is 24.1 Å². The van der Waals surface area contributed by atoms with Gasteiger partial charge >= 0.3 is 0 Å². The van der Waals surface area contributed by atoms with Crippen molar-refractivity contribution in [2.24, 2.45) is 0 Å². The topological polar surface area (TPSA) is 63.2 Å². The Balaban J connectivity index is 1.45. The number of nitrogens with one attached hydrogen (secondary N) is 1. The molecule has 1 N–H and O–H groups in total. The molecule has 7 heteroatoms. The fraction of sp³-hybridized carbons (Fsp3) is 0.261. The molecule has 1 unspecified atom stereocenters. The number of fused-ring (bicyclic) bond motifs is 1. The first-order valence-electron chi connectivity index (χ1n) is 9.85. The minimum Gasteiger partial charge on any atom is -0.344 e. The summed E-state index contributed by atoms with van der Waals surface area (Å²) in [5.74, 6) is -0.511. The second kappa shape index (κ2) is 8.92. The summed E-state index contributed by atoms with van der Waals surface area (Å²) in [5, 5.41) is 5.55. The summed E-state index contributed by atoms with van der Waals surface area (Å²) in [6, 6.07) is 16.2. The average molecular weight is 460 g/mol. The molecule has 0 spiro atoms. The largest absolute Gasteiger partial charge is 0.344 e. The van der Waals surface area contributed by atoms with Gasteiger partial charge in [0.25, 0.3) is 0 Å². The Kier molecular flexibility index (Phi) is 6.27. The molecule has 1 aromatic heterocycles. The van der Waals surface area contributed by atoms with Crippen molar-refractivity contribution in [2.45, 2.75) is 36.6 Å². The van der Waals surface area contributed by atoms with Crippen LogP contribution in [0.1, 0.15) is 40.5 Å². The minimum atomic E-state index is -3.51. The van der Waals surface area contributed by atoms with Crippen molar-refractivity contribution in [1.82, 2.24) is 5.32 Å². The molecular formula is C23H22ClNO3S2. The van der Waals surface area contributed by atoms with E-state index in [1.165, 1.54) is 16.9 Å². The number of rotatable bonds is 7. The van der Waals surface area contributed by atoms with E-state index in [0.29, 0.717) is 9.92 Å². The number of thiophene rings is 1. The van der Waals surface area contributed by atoms with Crippen LogP contribution >= 0.6 is 22.9 Å². The van der Waals surface area contributed by atoms with E-state index < -0.39 is 9.84 Å². The molecule has 1 aliphatic rings. The molecule has 0 saturated carbocycles. The molecule has 0 fully saturated rings. The number of hydrogen-bond acceptors (Lipinski definition) is 4. The van der Waals surface area contributed by atoms with Crippen LogP contribution in [0.4, 0.5) is 0 Å². The zero-order chi connectivity index (χ0) is 21.1. The Labute approximate surface area is 185 Å². The molecule has 1 amide bonds. The van der Waals surface area contributed by atoms with Gasteiger partial charge in [-0.1, -0.05) is 35.9 Å². The lowest BCUT2D eigenvalue weighted by Gasteiger charge is -2.18. The molecule has 4 rings (SSSR count). The molecule has 0 aliphatic heterocycles. The van der Waals surface area contributed by atoms with E-state index in [4.69, 9.17) is 11.6 Å². The predicted molar refractivity (Wildman–Crippen MR) is 121 cm³/mol. The van der Waals surface area contributed by atoms with Crippen LogP contribution in [0.25, 0.3) is 0 Å². The van der Waals surface area contributed by atoms with E-state index in [1.54, 1.807) is 24.3 Å². The van der Waals surface area contributed by atoms with Gasteiger partial charge < -0.3 is 5.32 Å². The van der Waals surface area contributed by atoms with E-state index in [1.807, 2.05) is 35.7 Å². The first-order valence-corrected chi connectivity index (χ1v) is 12.8. The number of carbonyl (C=O) groups is 1. The standard InChI is InChI=1S/C23H22ClNO3S2/c24-19-9-6-17(7-10-19)23(21-5-2-13-29-21)25-22(26)12-14-30(27,28)20-11-8-16-3-1-4-18(16)15-20/h2,5-11,13,15,23H,1,3-4,12,14H2,(H,25,26). The van der Waals surface area contributed by atoms with Gasteiger partial charge in [-0.25, -0.2) is 8.42 Å². The first kappa shape index (κ1) is 21.1. The van der Waals surface area contributed by atoms with Gasteiger partial charge in [-0.3, -0.25) is 4.79 Å². The third kappa shape index (κ3) is 4.77. The molecule has 156 valence electrons. The van der Waals surface area contributed by atoms with Crippen molar-refractivity contribution in [2.75, 3.05) is 5.75 Å². The van der Waals surface area contributed by atoms with Gasteiger partial charge in [0.05, 0.1) is 16.7 Å². The molecule has 0 saturated heterocycles. The van der Waals surface area contributed by atoms with Crippen molar-refractivity contribution in [3.05, 3.63) is 86.6 Å². The molecule has 0 radical (unpaired) electrons. The maximum absolute atomic E-state index is 12.8. The quantitative estimate of drug-likeness (QED) is 0.543. The lowest BCUT2D eigenvalue weighted by Crippen LogP contribution is -2.30. The Morgan fingerprint density at radius 1 is 1.07 bits per heavy atom. The minimum absolute atomic E-state index is 0.0884. The molecule has 1 atom stereocenters. The number of aryl methyl sites for hydroxylation is 2. The van der Waals surface area contributed by atoms with Gasteiger partial charge in [-0.2, -0.15) is 0 Å². The average Bonchev–Trinajstić information content (AvgIpc) is 3.42. The van der Waals surface area contributed by atoms with Crippen molar-refractivity contribution in [1.29, 1.82) is 0 Å². The lowest BCUT2D eigenvalue weighted by atomic mass is 10.1. The highest BCUT2D eigenvalue weighted by molar-refractivity contribution is 7.91. The number of halogens is 1. The van der Waals surface area contributed by atoms with Crippen LogP contribution in [-0.4, -0.2) is 20.1 Å². The van der Waals surface area contributed by atoms with Crippen LogP contribution in [0.2, 0.25) is 5.02 Å². The van der Waals surface area contributed by atoms with Gasteiger partial charge in [0.2, 0.25) is 5.91 Å². The SMILES string of the molecule is O=C(CCS(=O)(=O)c1ccc2c(c1)CCC2)NC(c1ccc(Cl)cc1)c1cccs1. The summed E-state index contributed by atoms with van der Waals surface area (Å²) in [6.07, 6.45) is 2.90. The molecule has 2 aromatic carbocycles. The van der Waals surface area contributed by atoms with Crippen LogP contribution in [0.5, 0.6) is 0 Å². The van der Waals surface area contributed by atoms with Crippen molar-refractivity contribution >= 4 is 38.7 Å². The monoisotopic (exact) mass is 459 g/mol. The Morgan fingerprint density at radius 2 is 1.83 bits per heavy atom. The summed E-state index contributed by atoms with van der Waals surface area (Å²) in [4.78, 5) is 13.9. The van der Waals surface area contributed by atoms with Crippen LogP contribution in [0.15, 0.2) is 64.9 Å². The van der Waals surface area contributed by atoms with Crippen molar-refractivity contribution < 1.29 is 13.2 Å². The number of hydrogen-bond donors (Lipinski definition) is 1. The molecule has 0 bridgehead atoms. The normalized spacial score (nSPS) is 14.3. The second-order valence-electron chi connectivity index (χ2n) is 7.42. The number of sulfone groups is 1. The third-order valence-electron chi connectivity index (χ3n) is 5.36. The maximum Gasteiger partial charge on any atom is 0.221 e. The first-order chi connectivity index (χ1) is 14.4. The molecule has 1 aliphatic carbocycles. The summed E-state index contributed by atoms with van der Waals surface area (Å²) in [6.45, 7) is 0. The number of amides is 1. The predicted octanol–water partition coefficient (Wildman–Crippen LogP) is 4.96. The van der Waals surface area contributed by atoms with Crippen LogP contribution < -0.4 is 5.32 Å². The molecular weight excluding hydrogens is 438 g/mol. The summed E-state index contributed by atoms with van der Waals surface area (Å²) in [7, 11) is -3.51. The zero-order valence-electron chi connectivity index (χ0n) is 16.3. The Bertz CT molecular complexity index is 1140. The van der Waals surface area contributed by atoms with Gasteiger partial charge in [0, 0.05) is 16.3 Å². The number of carbonyl (C=O) groups excluding carboxylic acids is 1. The van der Waals surface area contributed by atoms with E-state index in [9.17, 15) is 13.2 Å². The Morgan fingerprint density at radius 3 is 2.57 bits per heavy atom. The Hall–Kier alpha value is -2.15. The van der Waals surface area contributed by atoms with Gasteiger partial charge in [-0.05, 0) is 71.7 Å². The summed E-state index contributed by atoms with van der Waals surface area (Å²) >= 11 is 7.53. The highest BCUT2D eigenvalue weighted by atomic mass is 35.5. The fourth-order valence-corrected chi connectivity index (χ4v) is 5.96. The van der Waals surface area contributed by atoms with Crippen LogP contribution in [0.3, 0.4) is 0 Å². The molecule has 1 heterocycles. The van der Waals surface area contributed by atoms with E-state index in [0.717, 1.165) is 35.3 Å². The second-order valence-corrected chi connectivity index (χ2v) is 10.9. The lowest BCUT2D eigenvalue weighted by molar-refractivity contribution is -0.121. The smallest absolute Gasteiger partial charge is 0.221 e. The zero-order valence-corrected chi connectivity index (χ0v) is 18.7. The van der Waals surface area contributed by atoms with Gasteiger partial charge in [-0.15, -0.1) is 11.3 Å². The maximum atomic E-state index is 12.8. The van der Waals surface area contributed by atoms with Crippen molar-refractivity contribution in [3.8, 4) is 0 Å². The number of benzene rings is 2. The van der Waals surface area contributed by atoms with Crippen LogP contribution in [0, 0.1) is 0 Å². The van der Waals surface area contributed by atoms with Gasteiger partial charge in [0.15, 0.2) is 9.84 Å². The molecule has 3 aromatic rings. The van der Waals surface area contributed by atoms with E-state index in [2.05, 4.69) is 5.32 Å². The molecule has 30 heavy (non-hydrogen) atoms. The molecule has 4 nitrogen and oxygen atoms in total. The third-order valence-corrected chi connectivity index (χ3v) is 8.27. The van der Waals surface area contributed by atoms with Crippen LogP contribution in [-0.2, 0) is 27.5 Å². The summed E-state index contributed by atoms with van der Waals surface area (Å²) < 4.78 is 25.5. The highest BCUT2D eigenvalue weighted by Gasteiger charge is 2.22. The van der Waals surface area contributed by atoms with Gasteiger partial charge in [0.1, 0.15) is 0 Å². The fourth-order valence-electron chi connectivity index (χ4n) is 3.75. The highest BCUT2D eigenvalue weighted by Crippen LogP contribution is 2.28.